The van der Waals surface area contributed by atoms with Crippen molar-refractivity contribution in [1.29, 1.82) is 0 Å². The standard InChI is InChI=1S/C16H14ClN3S/c17-14-8-10-15(11-9-14)19-16(21)20-18-12-4-7-13-5-2-1-3-6-13/h1-12H,(H2,19,20,21)/b7-4+,18-12+. The van der Waals surface area contributed by atoms with Gasteiger partial charge in [0.1, 0.15) is 0 Å². The number of benzene rings is 2. The maximum atomic E-state index is 5.81. The number of hydrazone groups is 1. The number of nitrogens with zero attached hydrogens (tertiary/aromatic N) is 1. The average Bonchev–Trinajstić information content (AvgIpc) is 2.50. The predicted octanol–water partition coefficient (Wildman–Crippen LogP) is 4.33. The van der Waals surface area contributed by atoms with Crippen molar-refractivity contribution in [2.45, 2.75) is 0 Å². The smallest absolute Gasteiger partial charge is 0.191 e. The molecule has 5 heteroatoms. The van der Waals surface area contributed by atoms with Gasteiger partial charge in [0.2, 0.25) is 0 Å². The molecule has 0 radical (unpaired) electrons. The van der Waals surface area contributed by atoms with E-state index >= 15 is 0 Å². The molecule has 0 bridgehead atoms. The number of hydrogen-bond acceptors (Lipinski definition) is 2. The molecule has 3 nitrogen and oxygen atoms in total. The molecule has 0 saturated carbocycles. The second-order valence-electron chi connectivity index (χ2n) is 4.12. The zero-order chi connectivity index (χ0) is 14.9. The van der Waals surface area contributed by atoms with Gasteiger partial charge in [0.25, 0.3) is 0 Å². The van der Waals surface area contributed by atoms with Gasteiger partial charge in [-0.05, 0) is 48.1 Å². The second kappa shape index (κ2) is 8.19. The van der Waals surface area contributed by atoms with Crippen molar-refractivity contribution in [3.05, 3.63) is 71.3 Å². The summed E-state index contributed by atoms with van der Waals surface area (Å²) in [6.45, 7) is 0. The van der Waals surface area contributed by atoms with E-state index in [1.54, 1.807) is 18.3 Å². The molecule has 21 heavy (non-hydrogen) atoms. The maximum absolute atomic E-state index is 5.81. The monoisotopic (exact) mass is 315 g/mol. The Morgan fingerprint density at radius 1 is 1.05 bits per heavy atom. The predicted molar refractivity (Wildman–Crippen MR) is 94.8 cm³/mol. The fraction of sp³-hybridized carbons (Fsp3) is 0. The minimum absolute atomic E-state index is 0.418. The Bertz CT molecular complexity index is 636. The highest BCUT2D eigenvalue weighted by Crippen LogP contribution is 2.13. The third kappa shape index (κ3) is 5.77. The van der Waals surface area contributed by atoms with Crippen LogP contribution in [-0.2, 0) is 0 Å². The molecule has 2 rings (SSSR count). The number of thiocarbonyl (C=S) groups is 1. The van der Waals surface area contributed by atoms with Crippen LogP contribution in [0.25, 0.3) is 6.08 Å². The molecule has 0 heterocycles. The van der Waals surface area contributed by atoms with E-state index in [0.717, 1.165) is 11.3 Å². The summed E-state index contributed by atoms with van der Waals surface area (Å²) in [7, 11) is 0. The molecule has 0 saturated heterocycles. The van der Waals surface area contributed by atoms with Crippen LogP contribution in [0.1, 0.15) is 5.56 Å². The molecule has 0 aliphatic rings. The molecule has 2 N–H and O–H groups in total. The minimum Gasteiger partial charge on any atom is -0.331 e. The third-order valence-electron chi connectivity index (χ3n) is 2.52. The topological polar surface area (TPSA) is 36.4 Å². The van der Waals surface area contributed by atoms with Crippen molar-refractivity contribution in [2.24, 2.45) is 5.10 Å². The molecule has 0 spiro atoms. The number of halogens is 1. The number of rotatable bonds is 4. The van der Waals surface area contributed by atoms with Crippen LogP contribution < -0.4 is 10.7 Å². The normalized spacial score (nSPS) is 10.9. The molecular formula is C16H14ClN3S. The first-order valence-electron chi connectivity index (χ1n) is 6.31. The number of hydrogen-bond donors (Lipinski definition) is 2. The Morgan fingerprint density at radius 3 is 2.48 bits per heavy atom. The van der Waals surface area contributed by atoms with Gasteiger partial charge in [-0.25, -0.2) is 0 Å². The van der Waals surface area contributed by atoms with Crippen molar-refractivity contribution < 1.29 is 0 Å². The van der Waals surface area contributed by atoms with E-state index in [0.29, 0.717) is 10.1 Å². The molecular weight excluding hydrogens is 302 g/mol. The van der Waals surface area contributed by atoms with Gasteiger partial charge in [-0.3, -0.25) is 5.43 Å². The third-order valence-corrected chi connectivity index (χ3v) is 2.96. The van der Waals surface area contributed by atoms with Crippen LogP contribution in [0.2, 0.25) is 5.02 Å². The Balaban J connectivity index is 1.77. The molecule has 0 aromatic heterocycles. The highest BCUT2D eigenvalue weighted by molar-refractivity contribution is 7.80. The summed E-state index contributed by atoms with van der Waals surface area (Å²) in [5, 5.41) is 8.11. The van der Waals surface area contributed by atoms with E-state index in [4.69, 9.17) is 23.8 Å². The van der Waals surface area contributed by atoms with Gasteiger partial charge >= 0.3 is 0 Å². The quantitative estimate of drug-likeness (QED) is 0.501. The van der Waals surface area contributed by atoms with Crippen molar-refractivity contribution in [1.82, 2.24) is 5.43 Å². The summed E-state index contributed by atoms with van der Waals surface area (Å²) in [5.74, 6) is 0. The van der Waals surface area contributed by atoms with Crippen LogP contribution in [-0.4, -0.2) is 11.3 Å². The van der Waals surface area contributed by atoms with Crippen LogP contribution >= 0.6 is 23.8 Å². The van der Waals surface area contributed by atoms with Gasteiger partial charge in [-0.2, -0.15) is 5.10 Å². The molecule has 106 valence electrons. The van der Waals surface area contributed by atoms with E-state index in [-0.39, 0.29) is 0 Å². The molecule has 0 amide bonds. The lowest BCUT2D eigenvalue weighted by Gasteiger charge is -2.06. The number of allylic oxidation sites excluding steroid dienone is 1. The zero-order valence-corrected chi connectivity index (χ0v) is 12.7. The van der Waals surface area contributed by atoms with E-state index in [2.05, 4.69) is 15.8 Å². The molecule has 2 aromatic carbocycles. The van der Waals surface area contributed by atoms with E-state index in [1.807, 2.05) is 54.6 Å². The first-order chi connectivity index (χ1) is 10.2. The van der Waals surface area contributed by atoms with Crippen LogP contribution in [0.15, 0.2) is 65.8 Å². The van der Waals surface area contributed by atoms with E-state index < -0.39 is 0 Å². The van der Waals surface area contributed by atoms with Gasteiger partial charge in [0.05, 0.1) is 0 Å². The lowest BCUT2D eigenvalue weighted by atomic mass is 10.2. The van der Waals surface area contributed by atoms with E-state index in [1.165, 1.54) is 0 Å². The van der Waals surface area contributed by atoms with Crippen LogP contribution in [0.3, 0.4) is 0 Å². The number of anilines is 1. The van der Waals surface area contributed by atoms with Crippen molar-refractivity contribution in [3.63, 3.8) is 0 Å². The summed E-state index contributed by atoms with van der Waals surface area (Å²) >= 11 is 10.9. The van der Waals surface area contributed by atoms with Gasteiger partial charge in [-0.1, -0.05) is 48.0 Å². The zero-order valence-electron chi connectivity index (χ0n) is 11.2. The minimum atomic E-state index is 0.418. The Kier molecular flexibility index (Phi) is 5.94. The Hall–Kier alpha value is -2.17. The second-order valence-corrected chi connectivity index (χ2v) is 4.97. The lowest BCUT2D eigenvalue weighted by molar-refractivity contribution is 1.05. The summed E-state index contributed by atoms with van der Waals surface area (Å²) in [4.78, 5) is 0. The van der Waals surface area contributed by atoms with Crippen LogP contribution in [0, 0.1) is 0 Å². The molecule has 0 unspecified atom stereocenters. The molecule has 0 aliphatic heterocycles. The van der Waals surface area contributed by atoms with Crippen LogP contribution in [0.5, 0.6) is 0 Å². The van der Waals surface area contributed by atoms with E-state index in [9.17, 15) is 0 Å². The van der Waals surface area contributed by atoms with Gasteiger partial charge in [0.15, 0.2) is 5.11 Å². The number of nitrogens with one attached hydrogen (secondary N) is 2. The fourth-order valence-electron chi connectivity index (χ4n) is 1.55. The summed E-state index contributed by atoms with van der Waals surface area (Å²) in [6, 6.07) is 17.3. The first kappa shape index (κ1) is 15.2. The van der Waals surface area contributed by atoms with Gasteiger partial charge in [-0.15, -0.1) is 0 Å². The van der Waals surface area contributed by atoms with Crippen molar-refractivity contribution in [3.8, 4) is 0 Å². The molecule has 0 fully saturated rings. The lowest BCUT2D eigenvalue weighted by Crippen LogP contribution is -2.23. The molecule has 0 aliphatic carbocycles. The Labute approximate surface area is 134 Å². The highest BCUT2D eigenvalue weighted by atomic mass is 35.5. The van der Waals surface area contributed by atoms with Gasteiger partial charge in [0, 0.05) is 16.9 Å². The van der Waals surface area contributed by atoms with Crippen molar-refractivity contribution in [2.75, 3.05) is 5.32 Å². The highest BCUT2D eigenvalue weighted by Gasteiger charge is 1.95. The fourth-order valence-corrected chi connectivity index (χ4v) is 1.85. The summed E-state index contributed by atoms with van der Waals surface area (Å²) in [6.07, 6.45) is 5.44. The largest absolute Gasteiger partial charge is 0.331 e. The summed E-state index contributed by atoms with van der Waals surface area (Å²) < 4.78 is 0. The van der Waals surface area contributed by atoms with Gasteiger partial charge < -0.3 is 5.32 Å². The summed E-state index contributed by atoms with van der Waals surface area (Å²) in [5.41, 5.74) is 4.71. The molecule has 0 atom stereocenters. The average molecular weight is 316 g/mol. The maximum Gasteiger partial charge on any atom is 0.191 e. The SMILES string of the molecule is S=C(N/N=C/C=C/c1ccccc1)Nc1ccc(Cl)cc1. The molecule has 2 aromatic rings. The first-order valence-corrected chi connectivity index (χ1v) is 7.10. The van der Waals surface area contributed by atoms with Crippen molar-refractivity contribution >= 4 is 46.9 Å². The van der Waals surface area contributed by atoms with Crippen LogP contribution in [0.4, 0.5) is 5.69 Å². The Morgan fingerprint density at radius 2 is 1.76 bits per heavy atom.